The van der Waals surface area contributed by atoms with E-state index in [-0.39, 0.29) is 11.4 Å². The van der Waals surface area contributed by atoms with Crippen molar-refractivity contribution in [1.29, 1.82) is 0 Å². The van der Waals surface area contributed by atoms with E-state index in [0.717, 1.165) is 12.1 Å². The maximum absolute atomic E-state index is 11.7. The van der Waals surface area contributed by atoms with Gasteiger partial charge in [0.25, 0.3) is 14.7 Å². The maximum Gasteiger partial charge on any atom is 0.294 e. The fourth-order valence-corrected chi connectivity index (χ4v) is 3.50. The molecular weight excluding hydrogens is 344 g/mol. The first kappa shape index (κ1) is 17.7. The first-order valence-corrected chi connectivity index (χ1v) is 9.76. The van der Waals surface area contributed by atoms with Crippen molar-refractivity contribution in [1.82, 2.24) is 0 Å². The van der Waals surface area contributed by atoms with Gasteiger partial charge in [-0.3, -0.25) is 14.8 Å². The highest BCUT2D eigenvalue weighted by Crippen LogP contribution is 2.29. The third kappa shape index (κ3) is 5.14. The largest absolute Gasteiger partial charge is 0.294 e. The molecule has 0 radical (unpaired) electrons. The second-order valence-electron chi connectivity index (χ2n) is 4.15. The molecule has 0 unspecified atom stereocenters. The Hall–Kier alpha value is -1.39. The number of hydrogen-bond donors (Lipinski definition) is 1. The van der Waals surface area contributed by atoms with E-state index in [1.54, 1.807) is 6.92 Å². The number of sulfonamides is 1. The summed E-state index contributed by atoms with van der Waals surface area (Å²) in [5.41, 5.74) is -0.989. The lowest BCUT2D eigenvalue weighted by Crippen LogP contribution is -2.17. The molecule has 1 N–H and O–H groups in total. The zero-order chi connectivity index (χ0) is 16.3. The van der Waals surface area contributed by atoms with Gasteiger partial charge >= 0.3 is 0 Å². The fourth-order valence-electron chi connectivity index (χ4n) is 1.45. The van der Waals surface area contributed by atoms with E-state index in [4.69, 9.17) is 10.7 Å². The van der Waals surface area contributed by atoms with Crippen LogP contribution in [-0.4, -0.2) is 27.5 Å². The third-order valence-electron chi connectivity index (χ3n) is 2.48. The van der Waals surface area contributed by atoms with Crippen LogP contribution in [0.2, 0.25) is 0 Å². The van der Waals surface area contributed by atoms with Gasteiger partial charge in [-0.1, -0.05) is 13.3 Å². The molecule has 0 aliphatic heterocycles. The standard InChI is InChI=1S/C10H13ClN2O6S2/c1-2-3-6-20(16,17)12-9-5-4-8(21(11,18)19)7-10(9)13(14)15/h4-5,7,12H,2-3,6H2,1H3. The van der Waals surface area contributed by atoms with Crippen molar-refractivity contribution in [3.8, 4) is 0 Å². The van der Waals surface area contributed by atoms with E-state index in [1.165, 1.54) is 0 Å². The Morgan fingerprint density at radius 1 is 1.29 bits per heavy atom. The summed E-state index contributed by atoms with van der Waals surface area (Å²) in [6.07, 6.45) is 1.05. The van der Waals surface area contributed by atoms with E-state index in [2.05, 4.69) is 4.72 Å². The SMILES string of the molecule is CCCCS(=O)(=O)Nc1ccc(S(=O)(=O)Cl)cc1[N+](=O)[O-]. The molecular formula is C10H13ClN2O6S2. The van der Waals surface area contributed by atoms with Crippen LogP contribution in [0.4, 0.5) is 11.4 Å². The number of benzene rings is 1. The Kier molecular flexibility index (Phi) is 5.54. The average molecular weight is 357 g/mol. The topological polar surface area (TPSA) is 123 Å². The van der Waals surface area contributed by atoms with Crippen molar-refractivity contribution < 1.29 is 21.8 Å². The molecule has 118 valence electrons. The third-order valence-corrected chi connectivity index (χ3v) is 5.19. The van der Waals surface area contributed by atoms with E-state index in [9.17, 15) is 26.9 Å². The van der Waals surface area contributed by atoms with Gasteiger partial charge < -0.3 is 0 Å². The van der Waals surface area contributed by atoms with Crippen LogP contribution >= 0.6 is 10.7 Å². The fraction of sp³-hybridized carbons (Fsp3) is 0.400. The summed E-state index contributed by atoms with van der Waals surface area (Å²) in [6, 6.07) is 2.70. The Balaban J connectivity index is 3.23. The van der Waals surface area contributed by atoms with Crippen molar-refractivity contribution in [3.05, 3.63) is 28.3 Å². The molecule has 1 rings (SSSR count). The summed E-state index contributed by atoms with van der Waals surface area (Å²) >= 11 is 0. The molecule has 8 nitrogen and oxygen atoms in total. The Bertz CT molecular complexity index is 745. The van der Waals surface area contributed by atoms with Crippen LogP contribution in [-0.2, 0) is 19.1 Å². The summed E-state index contributed by atoms with van der Waals surface area (Å²) in [4.78, 5) is 9.57. The molecule has 0 saturated heterocycles. The summed E-state index contributed by atoms with van der Waals surface area (Å²) in [5.74, 6) is -0.184. The summed E-state index contributed by atoms with van der Waals surface area (Å²) in [6.45, 7) is 1.80. The molecule has 0 aliphatic carbocycles. The zero-order valence-corrected chi connectivity index (χ0v) is 13.3. The first-order valence-electron chi connectivity index (χ1n) is 5.80. The summed E-state index contributed by atoms with van der Waals surface area (Å²) < 4.78 is 47.8. The molecule has 1 aromatic rings. The van der Waals surface area contributed by atoms with Crippen LogP contribution in [0.3, 0.4) is 0 Å². The molecule has 0 atom stereocenters. The predicted molar refractivity (Wildman–Crippen MR) is 78.5 cm³/mol. The molecule has 0 fully saturated rings. The number of nitrogens with zero attached hydrogens (tertiary/aromatic N) is 1. The van der Waals surface area contributed by atoms with Crippen LogP contribution in [0.15, 0.2) is 23.1 Å². The van der Waals surface area contributed by atoms with Gasteiger partial charge in [0.15, 0.2) is 0 Å². The molecule has 11 heteroatoms. The van der Waals surface area contributed by atoms with Gasteiger partial charge in [-0.25, -0.2) is 16.8 Å². The molecule has 0 aliphatic rings. The summed E-state index contributed by atoms with van der Waals surface area (Å²) in [7, 11) is -2.78. The van der Waals surface area contributed by atoms with Gasteiger partial charge in [0, 0.05) is 16.7 Å². The number of anilines is 1. The van der Waals surface area contributed by atoms with Gasteiger partial charge in [-0.15, -0.1) is 0 Å². The van der Waals surface area contributed by atoms with Crippen molar-refractivity contribution in [2.24, 2.45) is 0 Å². The van der Waals surface area contributed by atoms with Crippen molar-refractivity contribution in [2.75, 3.05) is 10.5 Å². The van der Waals surface area contributed by atoms with Crippen molar-refractivity contribution >= 4 is 41.1 Å². The number of hydrogen-bond acceptors (Lipinski definition) is 6. The van der Waals surface area contributed by atoms with Gasteiger partial charge in [-0.05, 0) is 18.6 Å². The molecule has 0 spiro atoms. The second kappa shape index (κ2) is 6.58. The number of nitro benzene ring substituents is 1. The smallest absolute Gasteiger partial charge is 0.277 e. The Labute approximate surface area is 126 Å². The lowest BCUT2D eigenvalue weighted by atomic mass is 10.3. The number of halogens is 1. The molecule has 0 bridgehead atoms. The molecule has 0 heterocycles. The van der Waals surface area contributed by atoms with Crippen LogP contribution in [0.5, 0.6) is 0 Å². The highest BCUT2D eigenvalue weighted by Gasteiger charge is 2.22. The van der Waals surface area contributed by atoms with Crippen LogP contribution in [0, 0.1) is 10.1 Å². The first-order chi connectivity index (χ1) is 9.57. The lowest BCUT2D eigenvalue weighted by molar-refractivity contribution is -0.384. The van der Waals surface area contributed by atoms with Crippen LogP contribution in [0.25, 0.3) is 0 Å². The van der Waals surface area contributed by atoms with Crippen molar-refractivity contribution in [3.63, 3.8) is 0 Å². The highest BCUT2D eigenvalue weighted by molar-refractivity contribution is 8.13. The van der Waals surface area contributed by atoms with Gasteiger partial charge in [0.2, 0.25) is 10.0 Å². The highest BCUT2D eigenvalue weighted by atomic mass is 35.7. The molecule has 0 aromatic heterocycles. The normalized spacial score (nSPS) is 12.1. The van der Waals surface area contributed by atoms with E-state index < -0.39 is 34.6 Å². The van der Waals surface area contributed by atoms with Gasteiger partial charge in [-0.2, -0.15) is 0 Å². The number of rotatable bonds is 7. The quantitative estimate of drug-likeness (QED) is 0.453. The van der Waals surface area contributed by atoms with Crippen LogP contribution < -0.4 is 4.72 Å². The number of nitrogens with one attached hydrogen (secondary N) is 1. The molecule has 0 saturated carbocycles. The minimum absolute atomic E-state index is 0.184. The average Bonchev–Trinajstić information content (AvgIpc) is 2.34. The van der Waals surface area contributed by atoms with E-state index in [1.807, 2.05) is 0 Å². The predicted octanol–water partition coefficient (Wildman–Crippen LogP) is 2.06. The molecule has 21 heavy (non-hydrogen) atoms. The zero-order valence-electron chi connectivity index (χ0n) is 10.9. The summed E-state index contributed by atoms with van der Waals surface area (Å²) in [5, 5.41) is 10.9. The van der Waals surface area contributed by atoms with Gasteiger partial charge in [0.1, 0.15) is 5.69 Å². The minimum atomic E-state index is -4.14. The Morgan fingerprint density at radius 2 is 1.90 bits per heavy atom. The second-order valence-corrected chi connectivity index (χ2v) is 8.56. The number of unbranched alkanes of at least 4 members (excludes halogenated alkanes) is 1. The van der Waals surface area contributed by atoms with Crippen LogP contribution in [0.1, 0.15) is 19.8 Å². The van der Waals surface area contributed by atoms with Crippen molar-refractivity contribution in [2.45, 2.75) is 24.7 Å². The van der Waals surface area contributed by atoms with E-state index in [0.29, 0.717) is 18.9 Å². The molecule has 1 aromatic carbocycles. The molecule has 0 amide bonds. The maximum atomic E-state index is 11.7. The minimum Gasteiger partial charge on any atom is -0.277 e. The number of nitro groups is 1. The van der Waals surface area contributed by atoms with E-state index >= 15 is 0 Å². The van der Waals surface area contributed by atoms with Gasteiger partial charge in [0.05, 0.1) is 15.6 Å². The lowest BCUT2D eigenvalue weighted by Gasteiger charge is -2.08. The monoisotopic (exact) mass is 356 g/mol. The Morgan fingerprint density at radius 3 is 2.38 bits per heavy atom.